The Morgan fingerprint density at radius 2 is 1.48 bits per heavy atom. The normalized spacial score (nSPS) is 12.9. The van der Waals surface area contributed by atoms with Gasteiger partial charge in [-0.25, -0.2) is 0 Å². The van der Waals surface area contributed by atoms with Crippen molar-refractivity contribution >= 4 is 0 Å². The summed E-state index contributed by atoms with van der Waals surface area (Å²) in [6.45, 7) is 3.37. The topological polar surface area (TPSA) is 38.7 Å². The van der Waals surface area contributed by atoms with E-state index in [9.17, 15) is 5.11 Å². The van der Waals surface area contributed by atoms with Gasteiger partial charge in [0, 0.05) is 0 Å². The summed E-state index contributed by atoms with van der Waals surface area (Å²) in [4.78, 5) is 0. The van der Waals surface area contributed by atoms with Crippen LogP contribution in [0.2, 0.25) is 0 Å². The fourth-order valence-electron chi connectivity index (χ4n) is 3.31. The summed E-state index contributed by atoms with van der Waals surface area (Å²) < 4.78 is 11.3. The average molecular weight is 332 g/mol. The van der Waals surface area contributed by atoms with Crippen LogP contribution in [-0.2, 0) is 6.61 Å². The second kappa shape index (κ2) is 6.61. The molecule has 0 aliphatic carbocycles. The van der Waals surface area contributed by atoms with Crippen LogP contribution in [-0.4, -0.2) is 18.3 Å². The molecule has 3 heteroatoms. The van der Waals surface area contributed by atoms with E-state index in [1.165, 1.54) is 16.7 Å². The zero-order valence-corrected chi connectivity index (χ0v) is 14.2. The molecule has 25 heavy (non-hydrogen) atoms. The molecule has 1 aliphatic rings. The monoisotopic (exact) mass is 332 g/mol. The Labute approximate surface area is 147 Å². The highest BCUT2D eigenvalue weighted by Gasteiger charge is 2.14. The van der Waals surface area contributed by atoms with Crippen LogP contribution in [0, 0.1) is 6.92 Å². The van der Waals surface area contributed by atoms with Crippen LogP contribution in [0.4, 0.5) is 0 Å². The van der Waals surface area contributed by atoms with Gasteiger partial charge in [-0.3, -0.25) is 0 Å². The summed E-state index contributed by atoms with van der Waals surface area (Å²) in [5, 5.41) is 9.40. The third-order valence-corrected chi connectivity index (χ3v) is 4.61. The van der Waals surface area contributed by atoms with Crippen LogP contribution >= 0.6 is 0 Å². The van der Waals surface area contributed by atoms with E-state index >= 15 is 0 Å². The molecule has 0 radical (unpaired) electrons. The van der Waals surface area contributed by atoms with Gasteiger partial charge in [-0.1, -0.05) is 42.5 Å². The first kappa shape index (κ1) is 15.7. The smallest absolute Gasteiger partial charge is 0.161 e. The number of benzene rings is 3. The minimum atomic E-state index is 0.0503. The summed E-state index contributed by atoms with van der Waals surface area (Å²) in [6.07, 6.45) is 0. The molecule has 0 amide bonds. The molecule has 126 valence electrons. The van der Waals surface area contributed by atoms with Crippen LogP contribution < -0.4 is 9.47 Å². The number of aliphatic hydroxyl groups is 1. The molecule has 1 aliphatic heterocycles. The van der Waals surface area contributed by atoms with Gasteiger partial charge in [0.15, 0.2) is 11.5 Å². The van der Waals surface area contributed by atoms with Crippen molar-refractivity contribution in [1.29, 1.82) is 0 Å². The number of rotatable bonds is 3. The van der Waals surface area contributed by atoms with Gasteiger partial charge in [0.05, 0.1) is 6.61 Å². The van der Waals surface area contributed by atoms with Gasteiger partial charge >= 0.3 is 0 Å². The van der Waals surface area contributed by atoms with Crippen molar-refractivity contribution in [1.82, 2.24) is 0 Å². The fourth-order valence-corrected chi connectivity index (χ4v) is 3.31. The molecule has 0 unspecified atom stereocenters. The van der Waals surface area contributed by atoms with Gasteiger partial charge in [-0.15, -0.1) is 0 Å². The van der Waals surface area contributed by atoms with Crippen molar-refractivity contribution in [3.05, 3.63) is 71.8 Å². The predicted molar refractivity (Wildman–Crippen MR) is 99.0 cm³/mol. The van der Waals surface area contributed by atoms with E-state index in [-0.39, 0.29) is 6.61 Å². The zero-order chi connectivity index (χ0) is 17.2. The maximum absolute atomic E-state index is 9.40. The molecule has 3 aromatic carbocycles. The van der Waals surface area contributed by atoms with Crippen molar-refractivity contribution in [3.8, 4) is 33.8 Å². The summed E-state index contributed by atoms with van der Waals surface area (Å²) in [5.41, 5.74) is 6.69. The number of hydrogen-bond acceptors (Lipinski definition) is 3. The molecule has 0 atom stereocenters. The number of fused-ring (bicyclic) bond motifs is 1. The summed E-state index contributed by atoms with van der Waals surface area (Å²) in [6, 6.07) is 20.4. The highest BCUT2D eigenvalue weighted by atomic mass is 16.6. The molecule has 0 bridgehead atoms. The number of hydrogen-bond donors (Lipinski definition) is 1. The lowest BCUT2D eigenvalue weighted by atomic mass is 9.92. The molecule has 3 nitrogen and oxygen atoms in total. The molecule has 0 saturated heterocycles. The molecule has 0 spiro atoms. The highest BCUT2D eigenvalue weighted by molar-refractivity contribution is 5.79. The molecule has 4 rings (SSSR count). The number of ether oxygens (including phenoxy) is 2. The van der Waals surface area contributed by atoms with Crippen LogP contribution in [0.25, 0.3) is 22.3 Å². The fraction of sp³-hybridized carbons (Fsp3) is 0.182. The summed E-state index contributed by atoms with van der Waals surface area (Å²) in [5.74, 6) is 1.61. The lowest BCUT2D eigenvalue weighted by molar-refractivity contribution is 0.171. The van der Waals surface area contributed by atoms with Crippen molar-refractivity contribution in [2.75, 3.05) is 13.2 Å². The highest BCUT2D eigenvalue weighted by Crippen LogP contribution is 2.37. The summed E-state index contributed by atoms with van der Waals surface area (Å²) >= 11 is 0. The Balaban J connectivity index is 1.79. The van der Waals surface area contributed by atoms with Gasteiger partial charge in [-0.05, 0) is 58.5 Å². The van der Waals surface area contributed by atoms with Crippen LogP contribution in [0.15, 0.2) is 60.7 Å². The van der Waals surface area contributed by atoms with Crippen LogP contribution in [0.3, 0.4) is 0 Å². The van der Waals surface area contributed by atoms with Gasteiger partial charge in [0.25, 0.3) is 0 Å². The molecular weight excluding hydrogens is 312 g/mol. The largest absolute Gasteiger partial charge is 0.486 e. The Hall–Kier alpha value is -2.78. The second-order valence-electron chi connectivity index (χ2n) is 6.20. The third kappa shape index (κ3) is 2.99. The second-order valence-corrected chi connectivity index (χ2v) is 6.20. The quantitative estimate of drug-likeness (QED) is 0.762. The molecule has 1 heterocycles. The van der Waals surface area contributed by atoms with E-state index in [4.69, 9.17) is 9.47 Å². The third-order valence-electron chi connectivity index (χ3n) is 4.61. The zero-order valence-electron chi connectivity index (χ0n) is 14.2. The Kier molecular flexibility index (Phi) is 4.16. The van der Waals surface area contributed by atoms with Gasteiger partial charge in [0.2, 0.25) is 0 Å². The Morgan fingerprint density at radius 1 is 0.800 bits per heavy atom. The SMILES string of the molecule is Cc1c(-c2cccc(CO)c2)cccc1-c1ccc2c(c1)OCCO2. The Morgan fingerprint density at radius 3 is 2.24 bits per heavy atom. The van der Waals surface area contributed by atoms with Crippen molar-refractivity contribution < 1.29 is 14.6 Å². The maximum atomic E-state index is 9.40. The molecule has 0 fully saturated rings. The van der Waals surface area contributed by atoms with Crippen LogP contribution in [0.1, 0.15) is 11.1 Å². The first-order valence-electron chi connectivity index (χ1n) is 8.46. The maximum Gasteiger partial charge on any atom is 0.161 e. The van der Waals surface area contributed by atoms with E-state index < -0.39 is 0 Å². The van der Waals surface area contributed by atoms with E-state index in [1.54, 1.807) is 0 Å². The standard InChI is InChI=1S/C22H20O3/c1-15-19(17-5-2-4-16(12-17)14-23)6-3-7-20(15)18-8-9-21-22(13-18)25-11-10-24-21/h2-9,12-13,23H,10-11,14H2,1H3. The van der Waals surface area contributed by atoms with Crippen molar-refractivity contribution in [3.63, 3.8) is 0 Å². The molecular formula is C22H20O3. The van der Waals surface area contributed by atoms with E-state index in [0.29, 0.717) is 13.2 Å². The van der Waals surface area contributed by atoms with E-state index in [0.717, 1.165) is 28.2 Å². The molecule has 3 aromatic rings. The number of aliphatic hydroxyl groups excluding tert-OH is 1. The van der Waals surface area contributed by atoms with E-state index in [2.05, 4.69) is 37.3 Å². The van der Waals surface area contributed by atoms with Crippen molar-refractivity contribution in [2.45, 2.75) is 13.5 Å². The summed E-state index contributed by atoms with van der Waals surface area (Å²) in [7, 11) is 0. The molecule has 1 N–H and O–H groups in total. The minimum Gasteiger partial charge on any atom is -0.486 e. The lowest BCUT2D eigenvalue weighted by Crippen LogP contribution is -2.15. The van der Waals surface area contributed by atoms with Gasteiger partial charge < -0.3 is 14.6 Å². The first-order valence-corrected chi connectivity index (χ1v) is 8.46. The lowest BCUT2D eigenvalue weighted by Gasteiger charge is -2.20. The molecule has 0 aromatic heterocycles. The van der Waals surface area contributed by atoms with Gasteiger partial charge in [-0.2, -0.15) is 0 Å². The average Bonchev–Trinajstić information content (AvgIpc) is 2.68. The van der Waals surface area contributed by atoms with Crippen LogP contribution in [0.5, 0.6) is 11.5 Å². The van der Waals surface area contributed by atoms with Gasteiger partial charge in [0.1, 0.15) is 13.2 Å². The van der Waals surface area contributed by atoms with E-state index in [1.807, 2.05) is 30.3 Å². The Bertz CT molecular complexity index is 915. The molecule has 0 saturated carbocycles. The minimum absolute atomic E-state index is 0.0503. The first-order chi connectivity index (χ1) is 12.3. The van der Waals surface area contributed by atoms with Crippen molar-refractivity contribution in [2.24, 2.45) is 0 Å². The predicted octanol–water partition coefficient (Wildman–Crippen LogP) is 4.59.